The number of aliphatic hydroxyl groups is 9. The highest BCUT2D eigenvalue weighted by molar-refractivity contribution is 5.41. The lowest BCUT2D eigenvalue weighted by Gasteiger charge is -2.39. The lowest BCUT2D eigenvalue weighted by atomic mass is 9.95. The fourth-order valence-electron chi connectivity index (χ4n) is 3.84. The van der Waals surface area contributed by atoms with Gasteiger partial charge in [0.1, 0.15) is 62.0 Å². The first kappa shape index (κ1) is 30.4. The highest BCUT2D eigenvalue weighted by Gasteiger charge is 2.45. The Morgan fingerprint density at radius 3 is 1.47 bits per heavy atom. The van der Waals surface area contributed by atoms with Crippen LogP contribution in [0.15, 0.2) is 30.3 Å². The van der Waals surface area contributed by atoms with Crippen LogP contribution in [-0.2, 0) is 24.5 Å². The van der Waals surface area contributed by atoms with Crippen LogP contribution in [0, 0.1) is 23.7 Å². The van der Waals surface area contributed by atoms with Crippen molar-refractivity contribution in [2.75, 3.05) is 26.4 Å². The van der Waals surface area contributed by atoms with Crippen molar-refractivity contribution in [3.05, 3.63) is 35.9 Å². The third kappa shape index (κ3) is 7.06. The van der Waals surface area contributed by atoms with Crippen LogP contribution in [0.2, 0.25) is 0 Å². The fraction of sp³-hybridized carbons (Fsp3) is 0.600. The maximum atomic E-state index is 11.1. The molecule has 1 aromatic carbocycles. The Hall–Kier alpha value is -2.18. The molecule has 2 heterocycles. The summed E-state index contributed by atoms with van der Waals surface area (Å²) in [5.74, 6) is 10.2. The summed E-state index contributed by atoms with van der Waals surface area (Å²) in [6.07, 6.45) is -14.6. The van der Waals surface area contributed by atoms with Crippen LogP contribution in [0.3, 0.4) is 0 Å². The van der Waals surface area contributed by atoms with Gasteiger partial charge in [-0.2, -0.15) is 0 Å². The molecule has 0 radical (unpaired) electrons. The van der Waals surface area contributed by atoms with E-state index in [4.69, 9.17) is 18.9 Å². The molecule has 210 valence electrons. The van der Waals surface area contributed by atoms with Crippen molar-refractivity contribution in [3.63, 3.8) is 0 Å². The minimum absolute atomic E-state index is 0.306. The number of ether oxygens (including phenoxy) is 4. The monoisotopic (exact) mass is 540 g/mol. The van der Waals surface area contributed by atoms with Crippen molar-refractivity contribution < 1.29 is 64.9 Å². The zero-order valence-corrected chi connectivity index (χ0v) is 20.1. The Labute approximate surface area is 218 Å². The molecule has 2 aliphatic heterocycles. The van der Waals surface area contributed by atoms with E-state index in [0.717, 1.165) is 0 Å². The zero-order chi connectivity index (χ0) is 27.9. The largest absolute Gasteiger partial charge is 0.394 e. The van der Waals surface area contributed by atoms with Gasteiger partial charge in [-0.15, -0.1) is 0 Å². The molecular weight excluding hydrogens is 508 g/mol. The van der Waals surface area contributed by atoms with Gasteiger partial charge in [-0.1, -0.05) is 42.2 Å². The van der Waals surface area contributed by atoms with E-state index in [0.29, 0.717) is 5.56 Å². The molecule has 10 atom stereocenters. The topological polar surface area (TPSA) is 219 Å². The van der Waals surface area contributed by atoms with Crippen LogP contribution >= 0.6 is 0 Å². The maximum Gasteiger partial charge on any atom is 0.214 e. The number of rotatable bonds is 7. The fourth-order valence-corrected chi connectivity index (χ4v) is 3.84. The minimum atomic E-state index is -2.02. The van der Waals surface area contributed by atoms with Crippen molar-refractivity contribution in [1.82, 2.24) is 0 Å². The quantitative estimate of drug-likeness (QED) is 0.149. The van der Waals surface area contributed by atoms with Crippen molar-refractivity contribution in [2.24, 2.45) is 0 Å². The van der Waals surface area contributed by atoms with Crippen LogP contribution in [-0.4, -0.2) is 134 Å². The number of hydrogen-bond donors (Lipinski definition) is 9. The van der Waals surface area contributed by atoms with E-state index in [9.17, 15) is 46.0 Å². The van der Waals surface area contributed by atoms with Crippen molar-refractivity contribution >= 4 is 0 Å². The Morgan fingerprint density at radius 2 is 1.08 bits per heavy atom. The Morgan fingerprint density at radius 1 is 0.658 bits per heavy atom. The normalized spacial score (nSPS) is 36.8. The molecule has 2 aliphatic rings. The van der Waals surface area contributed by atoms with Crippen LogP contribution in [0.4, 0.5) is 0 Å². The van der Waals surface area contributed by atoms with Crippen LogP contribution < -0.4 is 0 Å². The molecule has 0 spiro atoms. The minimum Gasteiger partial charge on any atom is -0.394 e. The number of hydrogen-bond acceptors (Lipinski definition) is 13. The van der Waals surface area contributed by atoms with E-state index in [1.165, 1.54) is 0 Å². The second-order valence-electron chi connectivity index (χ2n) is 8.70. The predicted octanol–water partition coefficient (Wildman–Crippen LogP) is -4.49. The van der Waals surface area contributed by atoms with E-state index < -0.39 is 80.2 Å². The molecule has 1 aromatic rings. The molecule has 2 saturated heterocycles. The van der Waals surface area contributed by atoms with Gasteiger partial charge in [0.2, 0.25) is 5.60 Å². The van der Waals surface area contributed by atoms with Crippen LogP contribution in [0.5, 0.6) is 0 Å². The lowest BCUT2D eigenvalue weighted by molar-refractivity contribution is -0.298. The van der Waals surface area contributed by atoms with Gasteiger partial charge in [0.25, 0.3) is 0 Å². The highest BCUT2D eigenvalue weighted by atomic mass is 16.7. The highest BCUT2D eigenvalue weighted by Crippen LogP contribution is 2.23. The number of benzene rings is 1. The lowest BCUT2D eigenvalue weighted by Crippen LogP contribution is -2.59. The summed E-state index contributed by atoms with van der Waals surface area (Å²) in [5.41, 5.74) is -1.71. The maximum absolute atomic E-state index is 11.1. The molecule has 0 saturated carbocycles. The molecule has 2 fully saturated rings. The molecule has 3 rings (SSSR count). The van der Waals surface area contributed by atoms with Crippen LogP contribution in [0.25, 0.3) is 0 Å². The smallest absolute Gasteiger partial charge is 0.214 e. The summed E-state index contributed by atoms with van der Waals surface area (Å²) < 4.78 is 21.1. The molecule has 0 unspecified atom stereocenters. The number of aliphatic hydroxyl groups excluding tert-OH is 8. The van der Waals surface area contributed by atoms with Crippen molar-refractivity contribution in [1.29, 1.82) is 0 Å². The van der Waals surface area contributed by atoms with E-state index >= 15 is 0 Å². The third-order valence-corrected chi connectivity index (χ3v) is 6.07. The molecule has 0 amide bonds. The summed E-state index contributed by atoms with van der Waals surface area (Å²) in [6, 6.07) is 8.16. The SMILES string of the molecule is OC[C@H]1O[C@H](OCC#CC(O)(C#CCO[C@H]2O[C@H](CO)[C@@H](O)[C@H](O)[C@@H]2O)c2ccccc2)[C@@H](O)[C@@H](O)[C@@H]1O. The second-order valence-corrected chi connectivity index (χ2v) is 8.70. The molecule has 38 heavy (non-hydrogen) atoms. The van der Waals surface area contributed by atoms with Gasteiger partial charge in [-0.3, -0.25) is 0 Å². The van der Waals surface area contributed by atoms with Crippen molar-refractivity contribution in [3.8, 4) is 23.7 Å². The first-order valence-electron chi connectivity index (χ1n) is 11.7. The van der Waals surface area contributed by atoms with E-state index in [1.54, 1.807) is 30.3 Å². The molecule has 0 aliphatic carbocycles. The molecule has 0 aromatic heterocycles. The molecule has 13 heteroatoms. The second kappa shape index (κ2) is 13.7. The molecular formula is C25H32O13. The summed E-state index contributed by atoms with van der Waals surface area (Å²) in [4.78, 5) is 0. The summed E-state index contributed by atoms with van der Waals surface area (Å²) in [5, 5.41) is 89.1. The predicted molar refractivity (Wildman–Crippen MR) is 125 cm³/mol. The first-order chi connectivity index (χ1) is 18.1. The third-order valence-electron chi connectivity index (χ3n) is 6.07. The Kier molecular flexibility index (Phi) is 11.0. The van der Waals surface area contributed by atoms with Gasteiger partial charge in [0, 0.05) is 5.56 Å². The van der Waals surface area contributed by atoms with Gasteiger partial charge >= 0.3 is 0 Å². The average molecular weight is 541 g/mol. The van der Waals surface area contributed by atoms with Gasteiger partial charge in [0.15, 0.2) is 12.6 Å². The van der Waals surface area contributed by atoms with Gasteiger partial charge in [0.05, 0.1) is 13.2 Å². The van der Waals surface area contributed by atoms with E-state index in [1.807, 2.05) is 0 Å². The summed E-state index contributed by atoms with van der Waals surface area (Å²) >= 11 is 0. The van der Waals surface area contributed by atoms with E-state index in [-0.39, 0.29) is 13.2 Å². The van der Waals surface area contributed by atoms with Gasteiger partial charge < -0.3 is 64.9 Å². The molecule has 9 N–H and O–H groups in total. The van der Waals surface area contributed by atoms with E-state index in [2.05, 4.69) is 23.7 Å². The summed E-state index contributed by atoms with van der Waals surface area (Å²) in [6.45, 7) is -2.02. The molecule has 0 bridgehead atoms. The summed E-state index contributed by atoms with van der Waals surface area (Å²) in [7, 11) is 0. The Bertz CT molecular complexity index is 937. The van der Waals surface area contributed by atoms with Crippen molar-refractivity contribution in [2.45, 2.75) is 67.0 Å². The van der Waals surface area contributed by atoms with Gasteiger partial charge in [-0.05, 0) is 11.8 Å². The standard InChI is InChI=1S/C25H32O13/c26-12-15-17(28)19(30)21(32)23(37-15)35-10-4-8-25(34,14-6-2-1-3-7-14)9-5-11-36-24-22(33)20(31)18(29)16(13-27)38-24/h1-3,6-7,15-24,26-34H,10-13H2/t15-,16-,17-,18-,19+,20+,21+,22+,23+,24+/m1/s1. The first-order valence-corrected chi connectivity index (χ1v) is 11.7. The van der Waals surface area contributed by atoms with Crippen LogP contribution in [0.1, 0.15) is 5.56 Å². The average Bonchev–Trinajstić information content (AvgIpc) is 2.93. The zero-order valence-electron chi connectivity index (χ0n) is 20.1. The molecule has 13 nitrogen and oxygen atoms in total. The Balaban J connectivity index is 1.67. The van der Waals surface area contributed by atoms with Gasteiger partial charge in [-0.25, -0.2) is 0 Å².